The molecule has 0 bridgehead atoms. The van der Waals surface area contributed by atoms with Gasteiger partial charge in [0.05, 0.1) is 0 Å². The monoisotopic (exact) mass is 279 g/mol. The molecule has 0 aliphatic heterocycles. The molecule has 0 spiro atoms. The molecule has 0 aromatic heterocycles. The van der Waals surface area contributed by atoms with Crippen molar-refractivity contribution in [1.82, 2.24) is 4.90 Å². The summed E-state index contributed by atoms with van der Waals surface area (Å²) in [6.45, 7) is 7.83. The van der Waals surface area contributed by atoms with Gasteiger partial charge < -0.3 is 4.90 Å². The smallest absolute Gasteiger partial charge is 0.223 e. The van der Waals surface area contributed by atoms with E-state index in [0.717, 1.165) is 0 Å². The number of ketones is 1. The Bertz CT molecular complexity index is 458. The SMILES string of the molecule is CC(C)N(C(=O)CCC(=O)c1ccc(F)cc1)C(C)C. The molecule has 20 heavy (non-hydrogen) atoms. The Morgan fingerprint density at radius 1 is 1.00 bits per heavy atom. The van der Waals surface area contributed by atoms with Crippen molar-refractivity contribution in [1.29, 1.82) is 0 Å². The molecule has 0 unspecified atom stereocenters. The minimum atomic E-state index is -0.372. The third kappa shape index (κ3) is 4.44. The van der Waals surface area contributed by atoms with Crippen LogP contribution in [0.15, 0.2) is 24.3 Å². The number of carbonyl (C=O) groups is 2. The first-order valence-electron chi connectivity index (χ1n) is 6.93. The van der Waals surface area contributed by atoms with Crippen LogP contribution in [0.25, 0.3) is 0 Å². The average molecular weight is 279 g/mol. The number of amides is 1. The van der Waals surface area contributed by atoms with Crippen LogP contribution in [0, 0.1) is 5.82 Å². The van der Waals surface area contributed by atoms with Crippen LogP contribution in [0.1, 0.15) is 50.9 Å². The van der Waals surface area contributed by atoms with Crippen molar-refractivity contribution in [3.8, 4) is 0 Å². The maximum atomic E-state index is 12.8. The van der Waals surface area contributed by atoms with Crippen molar-refractivity contribution in [2.24, 2.45) is 0 Å². The van der Waals surface area contributed by atoms with Gasteiger partial charge in [0.1, 0.15) is 5.82 Å². The second kappa shape index (κ2) is 7.17. The molecule has 0 aliphatic rings. The van der Waals surface area contributed by atoms with Gasteiger partial charge in [-0.2, -0.15) is 0 Å². The molecule has 110 valence electrons. The third-order valence-electron chi connectivity index (χ3n) is 3.13. The Kier molecular flexibility index (Phi) is 5.86. The van der Waals surface area contributed by atoms with Gasteiger partial charge in [-0.05, 0) is 52.0 Å². The summed E-state index contributed by atoms with van der Waals surface area (Å²) in [5.41, 5.74) is 0.444. The first-order valence-corrected chi connectivity index (χ1v) is 6.93. The Balaban J connectivity index is 2.60. The standard InChI is InChI=1S/C16H22FNO2/c1-11(2)18(12(3)4)16(20)10-9-15(19)13-5-7-14(17)8-6-13/h5-8,11-12H,9-10H2,1-4H3. The molecule has 0 radical (unpaired) electrons. The predicted molar refractivity (Wildman–Crippen MR) is 77.1 cm³/mol. The molecule has 1 amide bonds. The van der Waals surface area contributed by atoms with Gasteiger partial charge >= 0.3 is 0 Å². The van der Waals surface area contributed by atoms with Crippen LogP contribution in [-0.4, -0.2) is 28.7 Å². The fourth-order valence-electron chi connectivity index (χ4n) is 2.30. The highest BCUT2D eigenvalue weighted by Gasteiger charge is 2.20. The Labute approximate surface area is 119 Å². The van der Waals surface area contributed by atoms with Crippen LogP contribution < -0.4 is 0 Å². The fourth-order valence-corrected chi connectivity index (χ4v) is 2.30. The summed E-state index contributed by atoms with van der Waals surface area (Å²) >= 11 is 0. The highest BCUT2D eigenvalue weighted by molar-refractivity contribution is 5.97. The number of carbonyl (C=O) groups excluding carboxylic acids is 2. The maximum absolute atomic E-state index is 12.8. The Morgan fingerprint density at radius 2 is 1.50 bits per heavy atom. The number of hydrogen-bond acceptors (Lipinski definition) is 2. The topological polar surface area (TPSA) is 37.4 Å². The zero-order chi connectivity index (χ0) is 15.3. The summed E-state index contributed by atoms with van der Waals surface area (Å²) < 4.78 is 12.8. The summed E-state index contributed by atoms with van der Waals surface area (Å²) in [7, 11) is 0. The minimum absolute atomic E-state index is 0.0227. The molecule has 0 heterocycles. The van der Waals surface area contributed by atoms with Crippen molar-refractivity contribution < 1.29 is 14.0 Å². The molecule has 0 saturated heterocycles. The normalized spacial score (nSPS) is 10.9. The predicted octanol–water partition coefficient (Wildman–Crippen LogP) is 3.43. The van der Waals surface area contributed by atoms with E-state index in [1.807, 2.05) is 27.7 Å². The second-order valence-corrected chi connectivity index (χ2v) is 5.42. The van der Waals surface area contributed by atoms with E-state index in [1.54, 1.807) is 4.90 Å². The number of rotatable bonds is 6. The van der Waals surface area contributed by atoms with Crippen LogP contribution in [0.5, 0.6) is 0 Å². The number of benzene rings is 1. The van der Waals surface area contributed by atoms with Gasteiger partial charge in [0.2, 0.25) is 5.91 Å². The first kappa shape index (κ1) is 16.3. The number of Topliss-reactive ketones (excluding diaryl/α,β-unsaturated/α-hetero) is 1. The van der Waals surface area contributed by atoms with Gasteiger partial charge in [0.25, 0.3) is 0 Å². The largest absolute Gasteiger partial charge is 0.338 e. The molecule has 1 aromatic rings. The van der Waals surface area contributed by atoms with Crippen LogP contribution >= 0.6 is 0 Å². The van der Waals surface area contributed by atoms with Gasteiger partial charge in [-0.3, -0.25) is 9.59 Å². The van der Waals surface area contributed by atoms with Crippen molar-refractivity contribution >= 4 is 11.7 Å². The van der Waals surface area contributed by atoms with Gasteiger partial charge in [-0.15, -0.1) is 0 Å². The van der Waals surface area contributed by atoms with E-state index in [1.165, 1.54) is 24.3 Å². The van der Waals surface area contributed by atoms with Crippen molar-refractivity contribution in [2.45, 2.75) is 52.6 Å². The molecule has 1 aromatic carbocycles. The Hall–Kier alpha value is -1.71. The molecular formula is C16H22FNO2. The quantitative estimate of drug-likeness (QED) is 0.748. The molecule has 0 atom stereocenters. The lowest BCUT2D eigenvalue weighted by molar-refractivity contribution is -0.134. The van der Waals surface area contributed by atoms with E-state index in [2.05, 4.69) is 0 Å². The van der Waals surface area contributed by atoms with E-state index < -0.39 is 0 Å². The zero-order valence-electron chi connectivity index (χ0n) is 12.5. The molecule has 3 nitrogen and oxygen atoms in total. The molecule has 0 fully saturated rings. The summed E-state index contributed by atoms with van der Waals surface area (Å²) in [4.78, 5) is 25.8. The van der Waals surface area contributed by atoms with Gasteiger partial charge in [-0.25, -0.2) is 4.39 Å². The summed E-state index contributed by atoms with van der Waals surface area (Å²) in [6.07, 6.45) is 0.340. The van der Waals surface area contributed by atoms with E-state index in [-0.39, 0.29) is 42.4 Å². The van der Waals surface area contributed by atoms with Crippen molar-refractivity contribution in [3.63, 3.8) is 0 Å². The summed E-state index contributed by atoms with van der Waals surface area (Å²) in [6, 6.07) is 5.63. The molecule has 4 heteroatoms. The lowest BCUT2D eigenvalue weighted by atomic mass is 10.1. The molecule has 0 aliphatic carbocycles. The second-order valence-electron chi connectivity index (χ2n) is 5.42. The van der Waals surface area contributed by atoms with Crippen molar-refractivity contribution in [2.75, 3.05) is 0 Å². The lowest BCUT2D eigenvalue weighted by Gasteiger charge is -2.30. The molecule has 0 saturated carbocycles. The number of nitrogens with zero attached hydrogens (tertiary/aromatic N) is 1. The molecular weight excluding hydrogens is 257 g/mol. The van der Waals surface area contributed by atoms with E-state index in [9.17, 15) is 14.0 Å². The van der Waals surface area contributed by atoms with Crippen LogP contribution in [0.2, 0.25) is 0 Å². The highest BCUT2D eigenvalue weighted by Crippen LogP contribution is 2.12. The zero-order valence-corrected chi connectivity index (χ0v) is 12.5. The first-order chi connectivity index (χ1) is 9.32. The van der Waals surface area contributed by atoms with Crippen LogP contribution in [-0.2, 0) is 4.79 Å². The van der Waals surface area contributed by atoms with Gasteiger partial charge in [-0.1, -0.05) is 0 Å². The average Bonchev–Trinajstić information content (AvgIpc) is 2.36. The van der Waals surface area contributed by atoms with Crippen LogP contribution in [0.3, 0.4) is 0 Å². The minimum Gasteiger partial charge on any atom is -0.338 e. The lowest BCUT2D eigenvalue weighted by Crippen LogP contribution is -2.42. The molecule has 1 rings (SSSR count). The summed E-state index contributed by atoms with van der Waals surface area (Å²) in [5.74, 6) is -0.528. The molecule has 0 N–H and O–H groups in total. The van der Waals surface area contributed by atoms with Gasteiger partial charge in [0.15, 0.2) is 5.78 Å². The number of halogens is 1. The van der Waals surface area contributed by atoms with E-state index in [4.69, 9.17) is 0 Å². The summed E-state index contributed by atoms with van der Waals surface area (Å²) in [5, 5.41) is 0. The van der Waals surface area contributed by atoms with Gasteiger partial charge in [0, 0.05) is 30.5 Å². The van der Waals surface area contributed by atoms with Crippen LogP contribution in [0.4, 0.5) is 4.39 Å². The Morgan fingerprint density at radius 3 is 1.95 bits per heavy atom. The highest BCUT2D eigenvalue weighted by atomic mass is 19.1. The number of hydrogen-bond donors (Lipinski definition) is 0. The van der Waals surface area contributed by atoms with E-state index in [0.29, 0.717) is 5.56 Å². The maximum Gasteiger partial charge on any atom is 0.223 e. The fraction of sp³-hybridized carbons (Fsp3) is 0.500. The third-order valence-corrected chi connectivity index (χ3v) is 3.13. The van der Waals surface area contributed by atoms with E-state index >= 15 is 0 Å². The van der Waals surface area contributed by atoms with Crippen molar-refractivity contribution in [3.05, 3.63) is 35.6 Å².